The molecule has 0 aliphatic carbocycles. The molecule has 0 saturated carbocycles. The molecule has 8 nitrogen and oxygen atoms in total. The number of nitrogens with one attached hydrogen (secondary N) is 2. The van der Waals surface area contributed by atoms with E-state index in [1.807, 2.05) is 30.3 Å². The highest BCUT2D eigenvalue weighted by Gasteiger charge is 2.24. The second-order valence-electron chi connectivity index (χ2n) is 6.49. The number of carbonyl (C=O) groups is 2. The largest absolute Gasteiger partial charge is 0.465 e. The monoisotopic (exact) mass is 407 g/mol. The third-order valence-electron chi connectivity index (χ3n) is 4.67. The van der Waals surface area contributed by atoms with E-state index in [0.29, 0.717) is 6.61 Å². The van der Waals surface area contributed by atoms with Crippen molar-refractivity contribution in [2.24, 2.45) is 0 Å². The van der Waals surface area contributed by atoms with Crippen molar-refractivity contribution in [3.05, 3.63) is 47.8 Å². The van der Waals surface area contributed by atoms with Gasteiger partial charge < -0.3 is 15.4 Å². The maximum Gasteiger partial charge on any atom is 0.315 e. The van der Waals surface area contributed by atoms with Crippen LogP contribution in [0, 0.1) is 0 Å². The van der Waals surface area contributed by atoms with Crippen molar-refractivity contribution in [1.29, 1.82) is 0 Å². The molecule has 1 aromatic heterocycles. The molecule has 2 aromatic rings. The number of piperidine rings is 1. The zero-order valence-electron chi connectivity index (χ0n) is 15.8. The first kappa shape index (κ1) is 21.8. The van der Waals surface area contributed by atoms with E-state index >= 15 is 0 Å². The van der Waals surface area contributed by atoms with Gasteiger partial charge in [0, 0.05) is 6.54 Å². The van der Waals surface area contributed by atoms with E-state index in [1.165, 1.54) is 0 Å². The van der Waals surface area contributed by atoms with Gasteiger partial charge in [0.2, 0.25) is 0 Å². The number of esters is 1. The van der Waals surface area contributed by atoms with E-state index in [-0.39, 0.29) is 42.6 Å². The SMILES string of the molecule is CCOC(=O)C(CNC(=O)c1cn(C2CCNCC2)nn1)c1ccccc1.Cl. The molecule has 28 heavy (non-hydrogen) atoms. The smallest absolute Gasteiger partial charge is 0.315 e. The molecular weight excluding hydrogens is 382 g/mol. The number of nitrogens with zero attached hydrogens (tertiary/aromatic N) is 3. The average Bonchev–Trinajstić information content (AvgIpc) is 3.20. The number of hydrogen-bond donors (Lipinski definition) is 2. The van der Waals surface area contributed by atoms with Crippen molar-refractivity contribution in [2.75, 3.05) is 26.2 Å². The number of hydrogen-bond acceptors (Lipinski definition) is 6. The van der Waals surface area contributed by atoms with Crippen LogP contribution in [0.2, 0.25) is 0 Å². The highest BCUT2D eigenvalue weighted by Crippen LogP contribution is 2.18. The first-order chi connectivity index (χ1) is 13.2. The second kappa shape index (κ2) is 10.8. The molecule has 1 saturated heterocycles. The van der Waals surface area contributed by atoms with Gasteiger partial charge in [0.15, 0.2) is 5.69 Å². The molecule has 1 fully saturated rings. The van der Waals surface area contributed by atoms with Crippen LogP contribution in [0.5, 0.6) is 0 Å². The van der Waals surface area contributed by atoms with Gasteiger partial charge in [-0.05, 0) is 38.4 Å². The number of carbonyl (C=O) groups excluding carboxylic acids is 2. The number of halogens is 1. The maximum atomic E-state index is 12.5. The Morgan fingerprint density at radius 3 is 2.68 bits per heavy atom. The normalized spacial score (nSPS) is 15.3. The fraction of sp³-hybridized carbons (Fsp3) is 0.474. The fourth-order valence-corrected chi connectivity index (χ4v) is 3.18. The van der Waals surface area contributed by atoms with Crippen LogP contribution in [-0.2, 0) is 9.53 Å². The fourth-order valence-electron chi connectivity index (χ4n) is 3.18. The number of rotatable bonds is 7. The van der Waals surface area contributed by atoms with E-state index in [1.54, 1.807) is 17.8 Å². The number of amides is 1. The van der Waals surface area contributed by atoms with Gasteiger partial charge in [-0.2, -0.15) is 0 Å². The Kier molecular flexibility index (Phi) is 8.41. The minimum Gasteiger partial charge on any atom is -0.465 e. The summed E-state index contributed by atoms with van der Waals surface area (Å²) >= 11 is 0. The Bertz CT molecular complexity index is 762. The van der Waals surface area contributed by atoms with E-state index in [4.69, 9.17) is 4.74 Å². The van der Waals surface area contributed by atoms with Gasteiger partial charge >= 0.3 is 5.97 Å². The molecule has 1 atom stereocenters. The summed E-state index contributed by atoms with van der Waals surface area (Å²) < 4.78 is 6.91. The average molecular weight is 408 g/mol. The summed E-state index contributed by atoms with van der Waals surface area (Å²) in [6.45, 7) is 4.06. The van der Waals surface area contributed by atoms with Crippen molar-refractivity contribution in [3.8, 4) is 0 Å². The standard InChI is InChI=1S/C19H25N5O3.ClH/c1-2-27-19(26)16(14-6-4-3-5-7-14)12-21-18(25)17-13-24(23-22-17)15-8-10-20-11-9-15;/h3-7,13,15-16,20H,2,8-12H2,1H3,(H,21,25);1H. The molecule has 9 heteroatoms. The van der Waals surface area contributed by atoms with E-state index in [9.17, 15) is 9.59 Å². The van der Waals surface area contributed by atoms with E-state index in [2.05, 4.69) is 20.9 Å². The highest BCUT2D eigenvalue weighted by molar-refractivity contribution is 5.92. The van der Waals surface area contributed by atoms with Crippen LogP contribution in [-0.4, -0.2) is 53.1 Å². The Labute approximate surface area is 170 Å². The topological polar surface area (TPSA) is 98.1 Å². The van der Waals surface area contributed by atoms with Crippen molar-refractivity contribution < 1.29 is 14.3 Å². The molecule has 1 unspecified atom stereocenters. The lowest BCUT2D eigenvalue weighted by atomic mass is 9.99. The Morgan fingerprint density at radius 2 is 2.00 bits per heavy atom. The number of aromatic nitrogens is 3. The van der Waals surface area contributed by atoms with Crippen molar-refractivity contribution in [1.82, 2.24) is 25.6 Å². The van der Waals surface area contributed by atoms with Gasteiger partial charge in [0.25, 0.3) is 5.91 Å². The van der Waals surface area contributed by atoms with Crippen LogP contribution in [0.3, 0.4) is 0 Å². The third kappa shape index (κ3) is 5.53. The van der Waals surface area contributed by atoms with Crippen molar-refractivity contribution in [3.63, 3.8) is 0 Å². The molecule has 0 spiro atoms. The molecule has 152 valence electrons. The first-order valence-corrected chi connectivity index (χ1v) is 9.31. The molecule has 0 radical (unpaired) electrons. The van der Waals surface area contributed by atoms with Gasteiger partial charge in [-0.3, -0.25) is 9.59 Å². The van der Waals surface area contributed by atoms with E-state index in [0.717, 1.165) is 31.5 Å². The number of ether oxygens (including phenoxy) is 1. The molecule has 2 N–H and O–H groups in total. The highest BCUT2D eigenvalue weighted by atomic mass is 35.5. The zero-order valence-corrected chi connectivity index (χ0v) is 16.7. The molecule has 1 aromatic carbocycles. The van der Waals surface area contributed by atoms with Gasteiger partial charge in [0.05, 0.1) is 24.8 Å². The summed E-state index contributed by atoms with van der Waals surface area (Å²) in [7, 11) is 0. The second-order valence-corrected chi connectivity index (χ2v) is 6.49. The molecule has 2 heterocycles. The van der Waals surface area contributed by atoms with Crippen LogP contribution in [0.15, 0.2) is 36.5 Å². The Hall–Kier alpha value is -2.45. The Morgan fingerprint density at radius 1 is 1.29 bits per heavy atom. The summed E-state index contributed by atoms with van der Waals surface area (Å²) in [5.74, 6) is -1.27. The van der Waals surface area contributed by atoms with Gasteiger partial charge in [-0.25, -0.2) is 4.68 Å². The van der Waals surface area contributed by atoms with Crippen molar-refractivity contribution >= 4 is 24.3 Å². The summed E-state index contributed by atoms with van der Waals surface area (Å²) in [5, 5.41) is 14.2. The predicted molar refractivity (Wildman–Crippen MR) is 107 cm³/mol. The number of benzene rings is 1. The minimum absolute atomic E-state index is 0. The van der Waals surface area contributed by atoms with Crippen molar-refractivity contribution in [2.45, 2.75) is 31.7 Å². The molecule has 1 amide bonds. The predicted octanol–water partition coefficient (Wildman–Crippen LogP) is 1.70. The van der Waals surface area contributed by atoms with Gasteiger partial charge in [-0.15, -0.1) is 17.5 Å². The van der Waals surface area contributed by atoms with Crippen LogP contribution in [0.25, 0.3) is 0 Å². The summed E-state index contributed by atoms with van der Waals surface area (Å²) in [5.41, 5.74) is 1.05. The quantitative estimate of drug-likeness (QED) is 0.678. The zero-order chi connectivity index (χ0) is 19.1. The lowest BCUT2D eigenvalue weighted by molar-refractivity contribution is -0.144. The summed E-state index contributed by atoms with van der Waals surface area (Å²) in [6.07, 6.45) is 3.60. The first-order valence-electron chi connectivity index (χ1n) is 9.31. The minimum atomic E-state index is -0.561. The molecule has 0 bridgehead atoms. The third-order valence-corrected chi connectivity index (χ3v) is 4.67. The summed E-state index contributed by atoms with van der Waals surface area (Å²) in [4.78, 5) is 24.8. The van der Waals surface area contributed by atoms with Gasteiger partial charge in [0.1, 0.15) is 0 Å². The van der Waals surface area contributed by atoms with Crippen LogP contribution in [0.1, 0.15) is 47.8 Å². The summed E-state index contributed by atoms with van der Waals surface area (Å²) in [6, 6.07) is 9.55. The molecular formula is C19H26ClN5O3. The van der Waals surface area contributed by atoms with E-state index < -0.39 is 5.92 Å². The maximum absolute atomic E-state index is 12.5. The Balaban J connectivity index is 0.00000280. The van der Waals surface area contributed by atoms with Crippen LogP contribution < -0.4 is 10.6 Å². The lowest BCUT2D eigenvalue weighted by Crippen LogP contribution is -2.33. The van der Waals surface area contributed by atoms with Crippen LogP contribution >= 0.6 is 12.4 Å². The molecule has 1 aliphatic heterocycles. The van der Waals surface area contributed by atoms with Crippen LogP contribution in [0.4, 0.5) is 0 Å². The molecule has 3 rings (SSSR count). The van der Waals surface area contributed by atoms with Gasteiger partial charge in [-0.1, -0.05) is 35.5 Å². The lowest BCUT2D eigenvalue weighted by Gasteiger charge is -2.22. The molecule has 1 aliphatic rings.